The number of aliphatic hydroxyl groups is 2. The maximum absolute atomic E-state index is 12.5. The second-order valence-electron chi connectivity index (χ2n) is 23.1. The van der Waals surface area contributed by atoms with Crippen molar-refractivity contribution in [3.63, 3.8) is 0 Å². The largest absolute Gasteiger partial charge is 0.466 e. The number of carbonyl (C=O) groups excluding carboxylic acids is 2. The molecule has 6 nitrogen and oxygen atoms in total. The van der Waals surface area contributed by atoms with E-state index in [1.165, 1.54) is 295 Å². The van der Waals surface area contributed by atoms with Gasteiger partial charge in [-0.25, -0.2) is 0 Å². The van der Waals surface area contributed by atoms with Gasteiger partial charge in [0, 0.05) is 12.8 Å². The Balaban J connectivity index is 3.42. The van der Waals surface area contributed by atoms with Gasteiger partial charge in [0.2, 0.25) is 5.91 Å². The summed E-state index contributed by atoms with van der Waals surface area (Å²) in [6.45, 7) is 4.96. The lowest BCUT2D eigenvalue weighted by Crippen LogP contribution is -2.45. The van der Waals surface area contributed by atoms with Crippen LogP contribution in [-0.4, -0.2) is 47.4 Å². The Hall–Kier alpha value is -1.66. The molecule has 0 spiro atoms. The van der Waals surface area contributed by atoms with Gasteiger partial charge in [-0.15, -0.1) is 0 Å². The van der Waals surface area contributed by atoms with Gasteiger partial charge >= 0.3 is 5.97 Å². The fourth-order valence-electron chi connectivity index (χ4n) is 10.6. The van der Waals surface area contributed by atoms with Crippen molar-refractivity contribution in [3.8, 4) is 0 Å². The topological polar surface area (TPSA) is 95.9 Å². The molecule has 0 fully saturated rings. The van der Waals surface area contributed by atoms with E-state index in [1.807, 2.05) is 0 Å². The Morgan fingerprint density at radius 3 is 0.973 bits per heavy atom. The van der Waals surface area contributed by atoms with Gasteiger partial charge in [0.15, 0.2) is 0 Å². The lowest BCUT2D eigenvalue weighted by molar-refractivity contribution is -0.143. The van der Waals surface area contributed by atoms with Gasteiger partial charge in [-0.3, -0.25) is 9.59 Å². The summed E-state index contributed by atoms with van der Waals surface area (Å²) >= 11 is 0. The quantitative estimate of drug-likeness (QED) is 0.0320. The molecule has 0 aliphatic carbocycles. The smallest absolute Gasteiger partial charge is 0.305 e. The molecule has 438 valence electrons. The molecule has 6 heteroatoms. The Morgan fingerprint density at radius 1 is 0.365 bits per heavy atom. The van der Waals surface area contributed by atoms with E-state index in [1.54, 1.807) is 0 Å². The summed E-state index contributed by atoms with van der Waals surface area (Å²) < 4.78 is 5.47. The molecule has 0 bridgehead atoms. The van der Waals surface area contributed by atoms with Crippen LogP contribution in [0.2, 0.25) is 0 Å². The molecule has 3 N–H and O–H groups in total. The van der Waals surface area contributed by atoms with Crippen molar-refractivity contribution in [2.45, 2.75) is 386 Å². The van der Waals surface area contributed by atoms with E-state index in [2.05, 4.69) is 43.5 Å². The van der Waals surface area contributed by atoms with E-state index in [0.717, 1.165) is 44.9 Å². The molecule has 2 atom stereocenters. The molecule has 0 heterocycles. The normalized spacial score (nSPS) is 12.6. The summed E-state index contributed by atoms with van der Waals surface area (Å²) in [6, 6.07) is -0.548. The molecule has 0 aliphatic heterocycles. The van der Waals surface area contributed by atoms with Crippen LogP contribution in [0.4, 0.5) is 0 Å². The van der Waals surface area contributed by atoms with Gasteiger partial charge in [0.05, 0.1) is 25.4 Å². The van der Waals surface area contributed by atoms with Crippen LogP contribution in [0.5, 0.6) is 0 Å². The molecule has 0 saturated carbocycles. The molecule has 0 aliphatic rings. The average molecular weight is 1040 g/mol. The third-order valence-electron chi connectivity index (χ3n) is 15.7. The van der Waals surface area contributed by atoms with Crippen LogP contribution in [-0.2, 0) is 14.3 Å². The van der Waals surface area contributed by atoms with Crippen LogP contribution >= 0.6 is 0 Å². The number of allylic oxidation sites excluding steroid dienone is 4. The van der Waals surface area contributed by atoms with E-state index >= 15 is 0 Å². The molecule has 1 amide bonds. The van der Waals surface area contributed by atoms with Crippen molar-refractivity contribution in [2.24, 2.45) is 0 Å². The highest BCUT2D eigenvalue weighted by atomic mass is 16.5. The third-order valence-corrected chi connectivity index (χ3v) is 15.7. The number of nitrogens with one attached hydrogen (secondary N) is 1. The summed E-state index contributed by atoms with van der Waals surface area (Å²) in [5.74, 6) is -0.0367. The fraction of sp³-hybridized carbons (Fsp3) is 0.912. The molecule has 74 heavy (non-hydrogen) atoms. The monoisotopic (exact) mass is 1040 g/mol. The van der Waals surface area contributed by atoms with Gasteiger partial charge in [0.25, 0.3) is 0 Å². The van der Waals surface area contributed by atoms with E-state index < -0.39 is 12.1 Å². The fourth-order valence-corrected chi connectivity index (χ4v) is 10.6. The van der Waals surface area contributed by atoms with Crippen molar-refractivity contribution >= 4 is 11.9 Å². The molecule has 2 unspecified atom stereocenters. The number of ether oxygens (including phenoxy) is 1. The van der Waals surface area contributed by atoms with Crippen molar-refractivity contribution in [2.75, 3.05) is 13.2 Å². The summed E-state index contributed by atoms with van der Waals surface area (Å²) in [5, 5.41) is 23.4. The maximum Gasteiger partial charge on any atom is 0.305 e. The highest BCUT2D eigenvalue weighted by molar-refractivity contribution is 5.76. The highest BCUT2D eigenvalue weighted by Gasteiger charge is 2.20. The molecular formula is C68H131NO5. The number of esters is 1. The van der Waals surface area contributed by atoms with E-state index in [9.17, 15) is 19.8 Å². The number of carbonyl (C=O) groups is 2. The molecule has 0 aromatic carbocycles. The minimum atomic E-state index is -0.670. The second-order valence-corrected chi connectivity index (χ2v) is 23.1. The van der Waals surface area contributed by atoms with Crippen LogP contribution in [0.1, 0.15) is 373 Å². The lowest BCUT2D eigenvalue weighted by atomic mass is 10.0. The van der Waals surface area contributed by atoms with Crippen LogP contribution < -0.4 is 5.32 Å². The summed E-state index contributed by atoms with van der Waals surface area (Å²) in [4.78, 5) is 24.6. The standard InChI is InChI=1S/C68H131NO5/c1-3-5-7-9-11-13-15-17-18-19-20-21-24-27-30-33-37-40-44-48-52-56-60-66(71)65(64-70)69-67(72)61-57-53-49-45-41-38-34-31-28-25-22-23-26-29-32-35-39-43-47-51-55-59-63-74-68(73)62-58-54-50-46-42-36-16-14-12-10-8-6-4-2/h14,16,25,28,65-66,70-71H,3-13,15,17-24,26-27,29-64H2,1-2H3,(H,69,72)/b16-14-,28-25-. The van der Waals surface area contributed by atoms with Crippen LogP contribution in [0, 0.1) is 0 Å². The van der Waals surface area contributed by atoms with Gasteiger partial charge < -0.3 is 20.3 Å². The number of unbranched alkanes of at least 4 members (excludes halogenated alkanes) is 48. The van der Waals surface area contributed by atoms with Crippen molar-refractivity contribution < 1.29 is 24.5 Å². The molecule has 0 aromatic rings. The van der Waals surface area contributed by atoms with E-state index in [0.29, 0.717) is 25.9 Å². The first-order valence-electron chi connectivity index (χ1n) is 33.6. The number of hydrogen-bond donors (Lipinski definition) is 3. The number of aliphatic hydroxyl groups excluding tert-OH is 2. The van der Waals surface area contributed by atoms with E-state index in [-0.39, 0.29) is 18.5 Å². The van der Waals surface area contributed by atoms with Gasteiger partial charge in [0.1, 0.15) is 0 Å². The van der Waals surface area contributed by atoms with Crippen molar-refractivity contribution in [3.05, 3.63) is 24.3 Å². The zero-order valence-corrected chi connectivity index (χ0v) is 50.1. The Labute approximate surface area is 462 Å². The zero-order chi connectivity index (χ0) is 53.6. The minimum Gasteiger partial charge on any atom is -0.466 e. The second kappa shape index (κ2) is 63.9. The highest BCUT2D eigenvalue weighted by Crippen LogP contribution is 2.18. The Morgan fingerprint density at radius 2 is 0.635 bits per heavy atom. The van der Waals surface area contributed by atoms with Crippen LogP contribution in [0.3, 0.4) is 0 Å². The van der Waals surface area contributed by atoms with Gasteiger partial charge in [-0.05, 0) is 77.0 Å². The first kappa shape index (κ1) is 72.3. The Bertz CT molecular complexity index is 1150. The predicted octanol–water partition coefficient (Wildman–Crippen LogP) is 21.4. The first-order valence-corrected chi connectivity index (χ1v) is 33.6. The lowest BCUT2D eigenvalue weighted by Gasteiger charge is -2.22. The maximum atomic E-state index is 12.5. The average Bonchev–Trinajstić information content (AvgIpc) is 3.40. The SMILES string of the molecule is CCCCCC/C=C\CCCCCCCC(=O)OCCCCCCCCCCCCC/C=C\CCCCCCCCCC(=O)NC(CO)C(O)CCCCCCCCCCCCCCCCCCCCCCCC. The number of rotatable bonds is 63. The minimum absolute atomic E-state index is 0.00142. The molecular weight excluding hydrogens is 911 g/mol. The number of amides is 1. The Kier molecular flexibility index (Phi) is 62.4. The summed E-state index contributed by atoms with van der Waals surface area (Å²) in [6.07, 6.45) is 79.2. The van der Waals surface area contributed by atoms with Gasteiger partial charge in [-0.1, -0.05) is 308 Å². The first-order chi connectivity index (χ1) is 36.5. The summed E-state index contributed by atoms with van der Waals surface area (Å²) in [5.41, 5.74) is 0. The van der Waals surface area contributed by atoms with Crippen LogP contribution in [0.25, 0.3) is 0 Å². The predicted molar refractivity (Wildman–Crippen MR) is 324 cm³/mol. The van der Waals surface area contributed by atoms with Crippen molar-refractivity contribution in [1.82, 2.24) is 5.32 Å². The molecule has 0 saturated heterocycles. The van der Waals surface area contributed by atoms with E-state index in [4.69, 9.17) is 4.74 Å². The molecule has 0 aromatic heterocycles. The molecule has 0 radical (unpaired) electrons. The van der Waals surface area contributed by atoms with Crippen molar-refractivity contribution in [1.29, 1.82) is 0 Å². The van der Waals surface area contributed by atoms with Crippen LogP contribution in [0.15, 0.2) is 24.3 Å². The number of hydrogen-bond acceptors (Lipinski definition) is 5. The third kappa shape index (κ3) is 59.6. The van der Waals surface area contributed by atoms with Gasteiger partial charge in [-0.2, -0.15) is 0 Å². The zero-order valence-electron chi connectivity index (χ0n) is 50.1. The molecule has 0 rings (SSSR count). The summed E-state index contributed by atoms with van der Waals surface area (Å²) in [7, 11) is 0.